The zero-order chi connectivity index (χ0) is 8.39. The van der Waals surface area contributed by atoms with Crippen molar-refractivity contribution in [2.75, 3.05) is 0 Å². The standard InChI is InChI=1S/C10H9NO/c12-10-6-2-1-5-9-8(10)4-3-7-11-9/h1-7,10,12H. The van der Waals surface area contributed by atoms with E-state index in [0.29, 0.717) is 0 Å². The number of aromatic nitrogens is 1. The lowest BCUT2D eigenvalue weighted by molar-refractivity contribution is 0.228. The Hall–Kier alpha value is -1.41. The number of hydrogen-bond donors (Lipinski definition) is 1. The Morgan fingerprint density at radius 3 is 3.17 bits per heavy atom. The van der Waals surface area contributed by atoms with Gasteiger partial charge >= 0.3 is 0 Å². The lowest BCUT2D eigenvalue weighted by atomic mass is 10.1. The van der Waals surface area contributed by atoms with Gasteiger partial charge in [0, 0.05) is 11.8 Å². The monoisotopic (exact) mass is 159 g/mol. The maximum absolute atomic E-state index is 9.57. The zero-order valence-electron chi connectivity index (χ0n) is 6.51. The Kier molecular flexibility index (Phi) is 1.76. The largest absolute Gasteiger partial charge is 0.384 e. The molecule has 1 aliphatic carbocycles. The second kappa shape index (κ2) is 2.91. The topological polar surface area (TPSA) is 33.1 Å². The molecule has 1 unspecified atom stereocenters. The highest BCUT2D eigenvalue weighted by Crippen LogP contribution is 2.20. The molecule has 60 valence electrons. The fourth-order valence-electron chi connectivity index (χ4n) is 1.24. The first kappa shape index (κ1) is 7.25. The molecule has 12 heavy (non-hydrogen) atoms. The molecule has 2 rings (SSSR count). The van der Waals surface area contributed by atoms with E-state index < -0.39 is 6.10 Å². The van der Waals surface area contributed by atoms with Crippen LogP contribution < -0.4 is 0 Å². The SMILES string of the molecule is OC1C=CC=Cc2ncccc21. The van der Waals surface area contributed by atoms with Crippen LogP contribution in [-0.2, 0) is 0 Å². The van der Waals surface area contributed by atoms with Crippen LogP contribution in [0.25, 0.3) is 6.08 Å². The fourth-order valence-corrected chi connectivity index (χ4v) is 1.24. The molecule has 0 spiro atoms. The van der Waals surface area contributed by atoms with Gasteiger partial charge in [-0.2, -0.15) is 0 Å². The summed E-state index contributed by atoms with van der Waals surface area (Å²) in [6.07, 6.45) is 8.53. The summed E-state index contributed by atoms with van der Waals surface area (Å²) < 4.78 is 0. The molecule has 1 N–H and O–H groups in total. The van der Waals surface area contributed by atoms with Crippen molar-refractivity contribution in [2.24, 2.45) is 0 Å². The predicted molar refractivity (Wildman–Crippen MR) is 47.4 cm³/mol. The number of aliphatic hydroxyl groups excluding tert-OH is 1. The van der Waals surface area contributed by atoms with E-state index in [0.717, 1.165) is 11.3 Å². The Labute approximate surface area is 70.9 Å². The van der Waals surface area contributed by atoms with Crippen LogP contribution in [0.5, 0.6) is 0 Å². The summed E-state index contributed by atoms with van der Waals surface area (Å²) in [5.41, 5.74) is 1.71. The van der Waals surface area contributed by atoms with Crippen LogP contribution in [-0.4, -0.2) is 10.1 Å². The molecule has 0 amide bonds. The van der Waals surface area contributed by atoms with E-state index in [1.165, 1.54) is 0 Å². The van der Waals surface area contributed by atoms with Gasteiger partial charge in [-0.05, 0) is 12.1 Å². The van der Waals surface area contributed by atoms with E-state index >= 15 is 0 Å². The first-order valence-electron chi connectivity index (χ1n) is 3.86. The molecule has 0 saturated heterocycles. The third kappa shape index (κ3) is 1.17. The molecule has 1 aromatic heterocycles. The second-order valence-electron chi connectivity index (χ2n) is 2.67. The number of rotatable bonds is 0. The van der Waals surface area contributed by atoms with Crippen molar-refractivity contribution in [3.8, 4) is 0 Å². The molecule has 1 heterocycles. The number of aliphatic hydroxyl groups is 1. The highest BCUT2D eigenvalue weighted by atomic mass is 16.3. The average molecular weight is 159 g/mol. The van der Waals surface area contributed by atoms with Crippen LogP contribution in [0.15, 0.2) is 36.6 Å². The summed E-state index contributed by atoms with van der Waals surface area (Å²) in [5.74, 6) is 0. The van der Waals surface area contributed by atoms with Crippen LogP contribution in [0, 0.1) is 0 Å². The van der Waals surface area contributed by atoms with Crippen molar-refractivity contribution >= 4 is 6.08 Å². The molecular formula is C10H9NO. The number of hydrogen-bond acceptors (Lipinski definition) is 2. The first-order valence-corrected chi connectivity index (χ1v) is 3.86. The molecule has 1 aromatic rings. The smallest absolute Gasteiger partial charge is 0.0995 e. The molecule has 0 saturated carbocycles. The minimum Gasteiger partial charge on any atom is -0.384 e. The van der Waals surface area contributed by atoms with Gasteiger partial charge < -0.3 is 5.11 Å². The van der Waals surface area contributed by atoms with E-state index in [-0.39, 0.29) is 0 Å². The zero-order valence-corrected chi connectivity index (χ0v) is 6.51. The highest BCUT2D eigenvalue weighted by molar-refractivity contribution is 5.54. The summed E-state index contributed by atoms with van der Waals surface area (Å²) in [5, 5.41) is 9.57. The second-order valence-corrected chi connectivity index (χ2v) is 2.67. The highest BCUT2D eigenvalue weighted by Gasteiger charge is 2.08. The number of pyridine rings is 1. The third-order valence-electron chi connectivity index (χ3n) is 1.85. The van der Waals surface area contributed by atoms with E-state index in [4.69, 9.17) is 0 Å². The molecule has 2 heteroatoms. The van der Waals surface area contributed by atoms with Crippen LogP contribution in [0.4, 0.5) is 0 Å². The molecule has 0 bridgehead atoms. The van der Waals surface area contributed by atoms with Crippen LogP contribution in [0.1, 0.15) is 17.4 Å². The van der Waals surface area contributed by atoms with Gasteiger partial charge in [0.1, 0.15) is 0 Å². The predicted octanol–water partition coefficient (Wildman–Crippen LogP) is 1.70. The van der Waals surface area contributed by atoms with Crippen molar-refractivity contribution in [3.63, 3.8) is 0 Å². The first-order chi connectivity index (χ1) is 5.88. The maximum Gasteiger partial charge on any atom is 0.0995 e. The van der Waals surface area contributed by atoms with Crippen molar-refractivity contribution in [2.45, 2.75) is 6.10 Å². The molecule has 0 fully saturated rings. The Morgan fingerprint density at radius 2 is 2.25 bits per heavy atom. The van der Waals surface area contributed by atoms with Crippen molar-refractivity contribution in [1.82, 2.24) is 4.98 Å². The molecule has 0 aromatic carbocycles. The van der Waals surface area contributed by atoms with Gasteiger partial charge in [-0.3, -0.25) is 4.98 Å². The van der Waals surface area contributed by atoms with Gasteiger partial charge in [0.2, 0.25) is 0 Å². The molecule has 0 aliphatic heterocycles. The summed E-state index contributed by atoms with van der Waals surface area (Å²) in [7, 11) is 0. The molecule has 2 nitrogen and oxygen atoms in total. The Balaban J connectivity index is 2.56. The van der Waals surface area contributed by atoms with Crippen molar-refractivity contribution in [1.29, 1.82) is 0 Å². The van der Waals surface area contributed by atoms with E-state index in [2.05, 4.69) is 4.98 Å². The van der Waals surface area contributed by atoms with Gasteiger partial charge in [-0.1, -0.05) is 24.3 Å². The fraction of sp³-hybridized carbons (Fsp3) is 0.100. The molecule has 1 atom stereocenters. The van der Waals surface area contributed by atoms with Gasteiger partial charge in [0.25, 0.3) is 0 Å². The number of nitrogens with zero attached hydrogens (tertiary/aromatic N) is 1. The molecular weight excluding hydrogens is 150 g/mol. The Morgan fingerprint density at radius 1 is 1.33 bits per heavy atom. The number of fused-ring (bicyclic) bond motifs is 1. The van der Waals surface area contributed by atoms with E-state index in [1.54, 1.807) is 12.3 Å². The molecule has 0 radical (unpaired) electrons. The Bertz CT molecular complexity index is 341. The van der Waals surface area contributed by atoms with E-state index in [1.807, 2.05) is 30.4 Å². The van der Waals surface area contributed by atoms with Crippen molar-refractivity contribution < 1.29 is 5.11 Å². The van der Waals surface area contributed by atoms with Crippen LogP contribution in [0.3, 0.4) is 0 Å². The minimum absolute atomic E-state index is 0.524. The maximum atomic E-state index is 9.57. The molecule has 1 aliphatic rings. The van der Waals surface area contributed by atoms with Crippen molar-refractivity contribution in [3.05, 3.63) is 47.8 Å². The van der Waals surface area contributed by atoms with E-state index in [9.17, 15) is 5.11 Å². The third-order valence-corrected chi connectivity index (χ3v) is 1.85. The normalized spacial score (nSPS) is 20.2. The van der Waals surface area contributed by atoms with Crippen LogP contribution >= 0.6 is 0 Å². The minimum atomic E-state index is -0.524. The lowest BCUT2D eigenvalue weighted by Crippen LogP contribution is -1.96. The van der Waals surface area contributed by atoms with Gasteiger partial charge in [0.05, 0.1) is 11.8 Å². The van der Waals surface area contributed by atoms with Gasteiger partial charge in [0.15, 0.2) is 0 Å². The summed E-state index contributed by atoms with van der Waals surface area (Å²) in [4.78, 5) is 4.14. The van der Waals surface area contributed by atoms with Gasteiger partial charge in [-0.15, -0.1) is 0 Å². The van der Waals surface area contributed by atoms with Crippen LogP contribution in [0.2, 0.25) is 0 Å². The lowest BCUT2D eigenvalue weighted by Gasteiger charge is -2.06. The quantitative estimate of drug-likeness (QED) is 0.625. The summed E-state index contributed by atoms with van der Waals surface area (Å²) >= 11 is 0. The average Bonchev–Trinajstić information content (AvgIpc) is 2.29. The van der Waals surface area contributed by atoms with Gasteiger partial charge in [-0.25, -0.2) is 0 Å². The number of allylic oxidation sites excluding steroid dienone is 2. The summed E-state index contributed by atoms with van der Waals surface area (Å²) in [6.45, 7) is 0. The summed E-state index contributed by atoms with van der Waals surface area (Å²) in [6, 6.07) is 3.71.